The van der Waals surface area contributed by atoms with Crippen molar-refractivity contribution in [1.29, 1.82) is 0 Å². The van der Waals surface area contributed by atoms with E-state index in [4.69, 9.17) is 4.98 Å². The molecule has 1 atom stereocenters. The van der Waals surface area contributed by atoms with Crippen LogP contribution in [-0.4, -0.2) is 23.1 Å². The fraction of sp³-hybridized carbons (Fsp3) is 0.667. The molecule has 1 aromatic rings. The van der Waals surface area contributed by atoms with Gasteiger partial charge in [0, 0.05) is 12.1 Å². The molecule has 2 fully saturated rings. The van der Waals surface area contributed by atoms with Crippen LogP contribution in [-0.2, 0) is 6.42 Å². The Balaban J connectivity index is 1.78. The van der Waals surface area contributed by atoms with E-state index >= 15 is 0 Å². The fourth-order valence-corrected chi connectivity index (χ4v) is 2.61. The van der Waals surface area contributed by atoms with Crippen LogP contribution in [0, 0.1) is 5.92 Å². The molecule has 1 saturated heterocycles. The second-order valence-corrected chi connectivity index (χ2v) is 5.71. The lowest BCUT2D eigenvalue weighted by molar-refractivity contribution is 0.567. The number of halogens is 1. The summed E-state index contributed by atoms with van der Waals surface area (Å²) >= 11 is 3.56. The largest absolute Gasteiger partial charge is 0.316 e. The number of rotatable bonds is 3. The molecule has 2 heterocycles. The molecule has 0 radical (unpaired) electrons. The van der Waals surface area contributed by atoms with Gasteiger partial charge in [-0.15, -0.1) is 0 Å². The summed E-state index contributed by atoms with van der Waals surface area (Å²) in [5.41, 5.74) is 1.20. The molecule has 2 aliphatic rings. The quantitative estimate of drug-likeness (QED) is 0.924. The van der Waals surface area contributed by atoms with Crippen molar-refractivity contribution in [2.75, 3.05) is 13.1 Å². The van der Waals surface area contributed by atoms with Crippen LogP contribution in [0.15, 0.2) is 10.7 Å². The van der Waals surface area contributed by atoms with Crippen molar-refractivity contribution in [3.05, 3.63) is 22.2 Å². The highest BCUT2D eigenvalue weighted by atomic mass is 79.9. The Labute approximate surface area is 104 Å². The monoisotopic (exact) mass is 281 g/mol. The smallest absolute Gasteiger partial charge is 0.131 e. The highest BCUT2D eigenvalue weighted by Crippen LogP contribution is 2.38. The van der Waals surface area contributed by atoms with Crippen LogP contribution in [0.25, 0.3) is 0 Å². The maximum atomic E-state index is 4.71. The van der Waals surface area contributed by atoms with Gasteiger partial charge in [0.25, 0.3) is 0 Å². The summed E-state index contributed by atoms with van der Waals surface area (Å²) in [5.74, 6) is 2.45. The summed E-state index contributed by atoms with van der Waals surface area (Å²) in [5, 5.41) is 3.40. The second-order valence-electron chi connectivity index (χ2n) is 4.86. The van der Waals surface area contributed by atoms with E-state index in [2.05, 4.69) is 26.2 Å². The molecule has 1 aliphatic carbocycles. The molecule has 1 aliphatic heterocycles. The van der Waals surface area contributed by atoms with Gasteiger partial charge in [-0.1, -0.05) is 0 Å². The van der Waals surface area contributed by atoms with Gasteiger partial charge in [0.05, 0.1) is 10.2 Å². The van der Waals surface area contributed by atoms with Crippen LogP contribution >= 0.6 is 15.9 Å². The highest BCUT2D eigenvalue weighted by Gasteiger charge is 2.27. The zero-order valence-electron chi connectivity index (χ0n) is 9.25. The maximum absolute atomic E-state index is 4.71. The number of nitrogens with one attached hydrogen (secondary N) is 1. The molecule has 1 saturated carbocycles. The lowest BCUT2D eigenvalue weighted by atomic mass is 10.0. The summed E-state index contributed by atoms with van der Waals surface area (Å²) < 4.78 is 1.07. The second kappa shape index (κ2) is 4.41. The Morgan fingerprint density at radius 3 is 2.94 bits per heavy atom. The summed E-state index contributed by atoms with van der Waals surface area (Å²) in [6.07, 6.45) is 6.82. The molecule has 3 rings (SSSR count). The predicted molar refractivity (Wildman–Crippen MR) is 66.4 cm³/mol. The van der Waals surface area contributed by atoms with Gasteiger partial charge in [-0.2, -0.15) is 0 Å². The molecular formula is C12H16BrN3. The molecule has 0 aromatic carbocycles. The summed E-state index contributed by atoms with van der Waals surface area (Å²) in [6, 6.07) is 0. The van der Waals surface area contributed by atoms with E-state index in [9.17, 15) is 0 Å². The first-order valence-corrected chi connectivity index (χ1v) is 6.84. The first-order chi connectivity index (χ1) is 7.83. The van der Waals surface area contributed by atoms with Crippen LogP contribution in [0.4, 0.5) is 0 Å². The molecule has 0 spiro atoms. The standard InChI is InChI=1S/C12H16BrN3/c13-10-7-15-12(9-1-2-9)16-11(10)5-8-3-4-14-6-8/h7-9,14H,1-6H2. The van der Waals surface area contributed by atoms with Crippen LogP contribution in [0.5, 0.6) is 0 Å². The third kappa shape index (κ3) is 2.28. The SMILES string of the molecule is Brc1cnc(C2CC2)nc1CC1CCNC1. The van der Waals surface area contributed by atoms with Crippen LogP contribution in [0.1, 0.15) is 36.7 Å². The molecule has 1 unspecified atom stereocenters. The first-order valence-electron chi connectivity index (χ1n) is 6.05. The highest BCUT2D eigenvalue weighted by molar-refractivity contribution is 9.10. The average molecular weight is 282 g/mol. The van der Waals surface area contributed by atoms with Gasteiger partial charge < -0.3 is 5.32 Å². The lowest BCUT2D eigenvalue weighted by Gasteiger charge is -2.10. The molecule has 1 N–H and O–H groups in total. The van der Waals surface area contributed by atoms with E-state index in [0.717, 1.165) is 35.7 Å². The van der Waals surface area contributed by atoms with Crippen molar-refractivity contribution in [2.24, 2.45) is 5.92 Å². The van der Waals surface area contributed by atoms with Gasteiger partial charge in [0.15, 0.2) is 0 Å². The summed E-state index contributed by atoms with van der Waals surface area (Å²) in [7, 11) is 0. The van der Waals surface area contributed by atoms with E-state index in [-0.39, 0.29) is 0 Å². The van der Waals surface area contributed by atoms with Gasteiger partial charge in [0.1, 0.15) is 5.82 Å². The predicted octanol–water partition coefficient (Wildman–Crippen LogP) is 2.27. The number of hydrogen-bond acceptors (Lipinski definition) is 3. The van der Waals surface area contributed by atoms with Crippen LogP contribution in [0.2, 0.25) is 0 Å². The molecule has 86 valence electrons. The van der Waals surface area contributed by atoms with E-state index in [1.54, 1.807) is 0 Å². The van der Waals surface area contributed by atoms with Crippen molar-refractivity contribution < 1.29 is 0 Å². The molecule has 0 bridgehead atoms. The number of hydrogen-bond donors (Lipinski definition) is 1. The third-order valence-electron chi connectivity index (χ3n) is 3.42. The molecule has 1 aromatic heterocycles. The number of aromatic nitrogens is 2. The van der Waals surface area contributed by atoms with E-state index < -0.39 is 0 Å². The van der Waals surface area contributed by atoms with Gasteiger partial charge in [-0.25, -0.2) is 9.97 Å². The van der Waals surface area contributed by atoms with Crippen molar-refractivity contribution in [3.8, 4) is 0 Å². The van der Waals surface area contributed by atoms with Crippen molar-refractivity contribution >= 4 is 15.9 Å². The topological polar surface area (TPSA) is 37.8 Å². The molecular weight excluding hydrogens is 266 g/mol. The first kappa shape index (κ1) is 10.7. The van der Waals surface area contributed by atoms with Crippen LogP contribution in [0.3, 0.4) is 0 Å². The lowest BCUT2D eigenvalue weighted by Crippen LogP contribution is -2.12. The molecule has 16 heavy (non-hydrogen) atoms. The third-order valence-corrected chi connectivity index (χ3v) is 4.08. The number of nitrogens with zero attached hydrogens (tertiary/aromatic N) is 2. The Kier molecular flexibility index (Phi) is 2.94. The normalized spacial score (nSPS) is 24.9. The Hall–Kier alpha value is -0.480. The zero-order valence-corrected chi connectivity index (χ0v) is 10.8. The zero-order chi connectivity index (χ0) is 11.0. The Morgan fingerprint density at radius 1 is 1.38 bits per heavy atom. The van der Waals surface area contributed by atoms with E-state index in [1.165, 1.54) is 25.0 Å². The van der Waals surface area contributed by atoms with Crippen LogP contribution < -0.4 is 5.32 Å². The molecule has 3 nitrogen and oxygen atoms in total. The van der Waals surface area contributed by atoms with E-state index in [0.29, 0.717) is 5.92 Å². The summed E-state index contributed by atoms with van der Waals surface area (Å²) in [6.45, 7) is 2.29. The maximum Gasteiger partial charge on any atom is 0.131 e. The van der Waals surface area contributed by atoms with E-state index in [1.807, 2.05) is 6.20 Å². The van der Waals surface area contributed by atoms with Gasteiger partial charge >= 0.3 is 0 Å². The Bertz CT molecular complexity index is 384. The van der Waals surface area contributed by atoms with Gasteiger partial charge in [-0.05, 0) is 60.6 Å². The molecule has 4 heteroatoms. The summed E-state index contributed by atoms with van der Waals surface area (Å²) in [4.78, 5) is 9.11. The minimum atomic E-state index is 0.647. The van der Waals surface area contributed by atoms with Gasteiger partial charge in [0.2, 0.25) is 0 Å². The van der Waals surface area contributed by atoms with Crippen molar-refractivity contribution in [2.45, 2.75) is 31.6 Å². The fourth-order valence-electron chi connectivity index (χ4n) is 2.26. The Morgan fingerprint density at radius 2 is 2.25 bits per heavy atom. The molecule has 0 amide bonds. The minimum absolute atomic E-state index is 0.647. The average Bonchev–Trinajstić information content (AvgIpc) is 3.01. The minimum Gasteiger partial charge on any atom is -0.316 e. The van der Waals surface area contributed by atoms with Gasteiger partial charge in [-0.3, -0.25) is 0 Å². The van der Waals surface area contributed by atoms with Crippen molar-refractivity contribution in [1.82, 2.24) is 15.3 Å². The van der Waals surface area contributed by atoms with Crippen molar-refractivity contribution in [3.63, 3.8) is 0 Å².